The van der Waals surface area contributed by atoms with Gasteiger partial charge in [0, 0.05) is 25.5 Å². The molecule has 0 aliphatic carbocycles. The van der Waals surface area contributed by atoms with Crippen LogP contribution in [0.15, 0.2) is 24.5 Å². The number of benzene rings is 1. The number of fused-ring (bicyclic) bond motifs is 3. The van der Waals surface area contributed by atoms with Gasteiger partial charge in [0.1, 0.15) is 23.4 Å². The number of nitrogens with one attached hydrogen (secondary N) is 2. The van der Waals surface area contributed by atoms with E-state index in [-0.39, 0.29) is 11.8 Å². The first kappa shape index (κ1) is 20.3. The van der Waals surface area contributed by atoms with E-state index >= 15 is 0 Å². The summed E-state index contributed by atoms with van der Waals surface area (Å²) >= 11 is 0. The van der Waals surface area contributed by atoms with Crippen molar-refractivity contribution in [3.05, 3.63) is 36.2 Å². The average molecular weight is 439 g/mol. The number of halogens is 1. The molecular weight excluding hydrogens is 417 g/mol. The molecule has 0 spiro atoms. The summed E-state index contributed by atoms with van der Waals surface area (Å²) in [6, 6.07) is 3.01. The van der Waals surface area contributed by atoms with Gasteiger partial charge in [-0.2, -0.15) is 9.97 Å². The lowest BCUT2D eigenvalue weighted by molar-refractivity contribution is 0.122. The fraction of sp³-hybridized carbons (Fsp3) is 0.333. The molecule has 1 saturated heterocycles. The van der Waals surface area contributed by atoms with Crippen LogP contribution in [0.1, 0.15) is 18.9 Å². The van der Waals surface area contributed by atoms with Gasteiger partial charge in [-0.3, -0.25) is 0 Å². The van der Waals surface area contributed by atoms with E-state index in [9.17, 15) is 9.50 Å². The number of aromatic amines is 1. The number of aliphatic hydroxyl groups excluding tert-OH is 1. The molecule has 0 saturated carbocycles. The number of H-pyrrole nitrogens is 1. The van der Waals surface area contributed by atoms with Gasteiger partial charge in [-0.05, 0) is 19.1 Å². The highest BCUT2D eigenvalue weighted by Gasteiger charge is 2.23. The first-order valence-electron chi connectivity index (χ1n) is 10.2. The summed E-state index contributed by atoms with van der Waals surface area (Å²) in [6.07, 6.45) is 2.13. The van der Waals surface area contributed by atoms with Crippen molar-refractivity contribution < 1.29 is 19.0 Å². The van der Waals surface area contributed by atoms with Crippen LogP contribution in [0.2, 0.25) is 0 Å². The number of nitrogens with zero attached hydrogens (tertiary/aromatic N) is 5. The maximum absolute atomic E-state index is 14.3. The number of ether oxygens (including phenoxy) is 2. The monoisotopic (exact) mass is 439 g/mol. The van der Waals surface area contributed by atoms with Crippen molar-refractivity contribution in [2.24, 2.45) is 0 Å². The van der Waals surface area contributed by atoms with Crippen LogP contribution in [0, 0.1) is 5.82 Å². The van der Waals surface area contributed by atoms with Crippen molar-refractivity contribution in [3.63, 3.8) is 0 Å². The first-order chi connectivity index (χ1) is 15.5. The second-order valence-electron chi connectivity index (χ2n) is 7.46. The Morgan fingerprint density at radius 2 is 1.97 bits per heavy atom. The fourth-order valence-corrected chi connectivity index (χ4v) is 3.77. The highest BCUT2D eigenvalue weighted by atomic mass is 19.1. The van der Waals surface area contributed by atoms with E-state index in [1.807, 2.05) is 0 Å². The zero-order chi connectivity index (χ0) is 22.2. The van der Waals surface area contributed by atoms with Gasteiger partial charge >= 0.3 is 6.01 Å². The van der Waals surface area contributed by atoms with E-state index in [0.29, 0.717) is 65.8 Å². The lowest BCUT2D eigenvalue weighted by Gasteiger charge is -2.28. The molecule has 11 heteroatoms. The molecule has 0 radical (unpaired) electrons. The molecule has 4 heterocycles. The summed E-state index contributed by atoms with van der Waals surface area (Å²) in [5.41, 5.74) is 1.88. The van der Waals surface area contributed by atoms with Gasteiger partial charge in [0.2, 0.25) is 0 Å². The molecule has 1 fully saturated rings. The highest BCUT2D eigenvalue weighted by molar-refractivity contribution is 6.14. The number of hydrogen-bond acceptors (Lipinski definition) is 9. The number of anilines is 2. The fourth-order valence-electron chi connectivity index (χ4n) is 3.77. The van der Waals surface area contributed by atoms with Crippen molar-refractivity contribution in [1.82, 2.24) is 24.9 Å². The number of aliphatic hydroxyl groups is 1. The van der Waals surface area contributed by atoms with E-state index < -0.39 is 6.10 Å². The molecule has 4 aromatic rings. The molecule has 1 aliphatic heterocycles. The maximum atomic E-state index is 14.3. The molecule has 5 rings (SSSR count). The highest BCUT2D eigenvalue weighted by Crippen LogP contribution is 2.37. The second-order valence-corrected chi connectivity index (χ2v) is 7.46. The molecule has 1 aliphatic rings. The number of rotatable bonds is 5. The molecule has 0 bridgehead atoms. The van der Waals surface area contributed by atoms with E-state index in [1.165, 1.54) is 24.5 Å². The van der Waals surface area contributed by atoms with E-state index in [4.69, 9.17) is 9.47 Å². The quantitative estimate of drug-likeness (QED) is 0.431. The van der Waals surface area contributed by atoms with Crippen LogP contribution >= 0.6 is 0 Å². The minimum Gasteiger partial charge on any atom is -0.421 e. The largest absolute Gasteiger partial charge is 0.421 e. The molecule has 10 nitrogen and oxygen atoms in total. The summed E-state index contributed by atoms with van der Waals surface area (Å²) in [5.74, 6) is 0.903. The van der Waals surface area contributed by atoms with Crippen LogP contribution in [0.3, 0.4) is 0 Å². The summed E-state index contributed by atoms with van der Waals surface area (Å²) in [6.45, 7) is 3.99. The van der Waals surface area contributed by atoms with E-state index in [0.717, 1.165) is 5.52 Å². The zero-order valence-corrected chi connectivity index (χ0v) is 17.6. The normalized spacial score (nSPS) is 15.3. The zero-order valence-electron chi connectivity index (χ0n) is 17.6. The molecule has 0 amide bonds. The summed E-state index contributed by atoms with van der Waals surface area (Å²) < 4.78 is 25.7. The first-order valence-corrected chi connectivity index (χ1v) is 10.2. The minimum absolute atomic E-state index is 0.102. The Labute approximate surface area is 182 Å². The van der Waals surface area contributed by atoms with Crippen molar-refractivity contribution in [2.45, 2.75) is 13.0 Å². The third-order valence-electron chi connectivity index (χ3n) is 5.30. The summed E-state index contributed by atoms with van der Waals surface area (Å²) in [4.78, 5) is 22.7. The van der Waals surface area contributed by atoms with Crippen LogP contribution < -0.4 is 15.0 Å². The Bertz CT molecular complexity index is 1270. The molecule has 1 aromatic carbocycles. The van der Waals surface area contributed by atoms with Gasteiger partial charge in [-0.25, -0.2) is 14.4 Å². The standard InChI is InChI=1S/C21H22FN7O3/c1-11(30)18-24-9-13(10-25-18)32-21-27-19-16(20(28-21)29-3-5-31-6-4-29)14-7-12(22)8-15(23-2)17(14)26-19/h7-11,23,30H,3-6H2,1-2H3,(H,26,27,28)/t11-/m1/s1. The Hall–Kier alpha value is -3.57. The molecule has 1 atom stereocenters. The van der Waals surface area contributed by atoms with Crippen molar-refractivity contribution in [1.29, 1.82) is 0 Å². The Kier molecular flexibility index (Phi) is 5.19. The number of hydrogen-bond donors (Lipinski definition) is 3. The molecule has 166 valence electrons. The average Bonchev–Trinajstić information content (AvgIpc) is 3.17. The van der Waals surface area contributed by atoms with E-state index in [2.05, 4.69) is 35.1 Å². The summed E-state index contributed by atoms with van der Waals surface area (Å²) in [5, 5.41) is 14.0. The van der Waals surface area contributed by atoms with Crippen LogP contribution in [-0.4, -0.2) is 63.4 Å². The molecule has 32 heavy (non-hydrogen) atoms. The molecule has 3 aromatic heterocycles. The smallest absolute Gasteiger partial charge is 0.326 e. The van der Waals surface area contributed by atoms with Gasteiger partial charge in [-0.1, -0.05) is 0 Å². The van der Waals surface area contributed by atoms with Gasteiger partial charge in [0.25, 0.3) is 0 Å². The maximum Gasteiger partial charge on any atom is 0.326 e. The predicted molar refractivity (Wildman–Crippen MR) is 117 cm³/mol. The molecular formula is C21H22FN7O3. The second kappa shape index (κ2) is 8.17. The van der Waals surface area contributed by atoms with Crippen LogP contribution in [-0.2, 0) is 4.74 Å². The number of aromatic nitrogens is 5. The molecule has 0 unspecified atom stereocenters. The van der Waals surface area contributed by atoms with Crippen LogP contribution in [0.25, 0.3) is 21.9 Å². The lowest BCUT2D eigenvalue weighted by Crippen LogP contribution is -2.37. The van der Waals surface area contributed by atoms with Crippen molar-refractivity contribution in [2.75, 3.05) is 43.6 Å². The van der Waals surface area contributed by atoms with Crippen molar-refractivity contribution >= 4 is 33.4 Å². The topological polar surface area (TPSA) is 121 Å². The van der Waals surface area contributed by atoms with Gasteiger partial charge in [-0.15, -0.1) is 0 Å². The van der Waals surface area contributed by atoms with Crippen molar-refractivity contribution in [3.8, 4) is 11.8 Å². The van der Waals surface area contributed by atoms with Crippen LogP contribution in [0.5, 0.6) is 11.8 Å². The predicted octanol–water partition coefficient (Wildman–Crippen LogP) is 2.76. The van der Waals surface area contributed by atoms with Gasteiger partial charge in [0.05, 0.1) is 42.2 Å². The van der Waals surface area contributed by atoms with Gasteiger partial charge < -0.3 is 29.8 Å². The minimum atomic E-state index is -0.780. The Morgan fingerprint density at radius 1 is 1.22 bits per heavy atom. The SMILES string of the molecule is CNc1cc(F)cc2c1[nH]c1nc(Oc3cnc([C@@H](C)O)nc3)nc(N3CCOCC3)c12. The Morgan fingerprint density at radius 3 is 2.66 bits per heavy atom. The third-order valence-corrected chi connectivity index (χ3v) is 5.30. The Balaban J connectivity index is 1.65. The summed E-state index contributed by atoms with van der Waals surface area (Å²) in [7, 11) is 1.74. The van der Waals surface area contributed by atoms with E-state index in [1.54, 1.807) is 14.0 Å². The van der Waals surface area contributed by atoms with Gasteiger partial charge in [0.15, 0.2) is 11.6 Å². The number of morpholine rings is 1. The third kappa shape index (κ3) is 3.65. The molecule has 3 N–H and O–H groups in total. The van der Waals surface area contributed by atoms with Crippen LogP contribution in [0.4, 0.5) is 15.9 Å². The lowest BCUT2D eigenvalue weighted by atomic mass is 10.1.